The van der Waals surface area contributed by atoms with Gasteiger partial charge in [0.05, 0.1) is 17.6 Å². The number of hydrogen-bond donors (Lipinski definition) is 0. The molecule has 12 heteroatoms. The standard InChI is InChI=1S/C29H27ClN4O6S/c30-23-7-4-8-24(16-23)34-29(35)28(38-18-22-9-10-26-27(15-22)40-20-39-26)25(17-31-34)32-11-13-33(14-12-32)41(36,37)19-21-5-2-1-3-6-21/h1-10,15-17H,11-14,18-20H2. The molecule has 0 aliphatic carbocycles. The molecule has 1 fully saturated rings. The van der Waals surface area contributed by atoms with Crippen molar-refractivity contribution in [2.24, 2.45) is 0 Å². The van der Waals surface area contributed by atoms with E-state index in [0.717, 1.165) is 11.1 Å². The zero-order chi connectivity index (χ0) is 28.4. The zero-order valence-electron chi connectivity index (χ0n) is 22.0. The summed E-state index contributed by atoms with van der Waals surface area (Å²) in [4.78, 5) is 15.7. The molecule has 212 valence electrons. The number of halogens is 1. The van der Waals surface area contributed by atoms with E-state index in [9.17, 15) is 13.2 Å². The van der Waals surface area contributed by atoms with Gasteiger partial charge in [-0.05, 0) is 41.5 Å². The molecule has 0 amide bonds. The predicted octanol–water partition coefficient (Wildman–Crippen LogP) is 3.85. The summed E-state index contributed by atoms with van der Waals surface area (Å²) in [6.07, 6.45) is 1.57. The first kappa shape index (κ1) is 27.1. The molecule has 0 radical (unpaired) electrons. The fourth-order valence-corrected chi connectivity index (χ4v) is 6.55. The third kappa shape index (κ3) is 5.88. The van der Waals surface area contributed by atoms with Crippen LogP contribution >= 0.6 is 11.6 Å². The van der Waals surface area contributed by atoms with Crippen LogP contribution in [-0.2, 0) is 22.4 Å². The predicted molar refractivity (Wildman–Crippen MR) is 155 cm³/mol. The smallest absolute Gasteiger partial charge is 0.316 e. The molecule has 4 aromatic rings. The normalized spacial score (nSPS) is 15.2. The molecule has 0 N–H and O–H groups in total. The van der Waals surface area contributed by atoms with E-state index in [4.69, 9.17) is 25.8 Å². The second kappa shape index (κ2) is 11.4. The number of aromatic nitrogens is 2. The molecule has 6 rings (SSSR count). The van der Waals surface area contributed by atoms with Gasteiger partial charge in [0.1, 0.15) is 12.3 Å². The largest absolute Gasteiger partial charge is 0.481 e. The maximum Gasteiger partial charge on any atom is 0.316 e. The summed E-state index contributed by atoms with van der Waals surface area (Å²) in [7, 11) is -3.50. The lowest BCUT2D eigenvalue weighted by Gasteiger charge is -2.35. The summed E-state index contributed by atoms with van der Waals surface area (Å²) in [6, 6.07) is 21.4. The minimum Gasteiger partial charge on any atom is -0.481 e. The van der Waals surface area contributed by atoms with Crippen LogP contribution in [0, 0.1) is 0 Å². The molecule has 0 unspecified atom stereocenters. The van der Waals surface area contributed by atoms with Gasteiger partial charge in [-0.3, -0.25) is 4.79 Å². The maximum atomic E-state index is 13.7. The van der Waals surface area contributed by atoms with Gasteiger partial charge in [0, 0.05) is 31.2 Å². The summed E-state index contributed by atoms with van der Waals surface area (Å²) < 4.78 is 45.9. The van der Waals surface area contributed by atoms with E-state index >= 15 is 0 Å². The fourth-order valence-electron chi connectivity index (χ4n) is 4.85. The summed E-state index contributed by atoms with van der Waals surface area (Å²) in [5.41, 5.74) is 2.07. The van der Waals surface area contributed by atoms with Crippen molar-refractivity contribution in [1.82, 2.24) is 14.1 Å². The molecule has 3 heterocycles. The van der Waals surface area contributed by atoms with Crippen LogP contribution in [0.2, 0.25) is 5.02 Å². The quantitative estimate of drug-likeness (QED) is 0.303. The molecular weight excluding hydrogens is 568 g/mol. The first-order valence-corrected chi connectivity index (χ1v) is 15.0. The van der Waals surface area contributed by atoms with Gasteiger partial charge in [-0.15, -0.1) is 0 Å². The van der Waals surface area contributed by atoms with Gasteiger partial charge in [0.2, 0.25) is 22.6 Å². The highest BCUT2D eigenvalue weighted by atomic mass is 35.5. The average Bonchev–Trinajstić information content (AvgIpc) is 3.45. The summed E-state index contributed by atoms with van der Waals surface area (Å²) >= 11 is 6.17. The highest BCUT2D eigenvalue weighted by molar-refractivity contribution is 7.88. The van der Waals surface area contributed by atoms with Gasteiger partial charge in [0.15, 0.2) is 11.5 Å². The van der Waals surface area contributed by atoms with Crippen molar-refractivity contribution in [3.05, 3.63) is 105 Å². The van der Waals surface area contributed by atoms with E-state index in [-0.39, 0.29) is 38.0 Å². The van der Waals surface area contributed by atoms with Gasteiger partial charge in [0.25, 0.3) is 0 Å². The minimum absolute atomic E-state index is 0.0605. The lowest BCUT2D eigenvalue weighted by Crippen LogP contribution is -2.49. The van der Waals surface area contributed by atoms with E-state index in [0.29, 0.717) is 41.0 Å². The highest BCUT2D eigenvalue weighted by Gasteiger charge is 2.29. The minimum atomic E-state index is -3.50. The lowest BCUT2D eigenvalue weighted by molar-refractivity contribution is 0.174. The number of piperazine rings is 1. The Hall–Kier alpha value is -4.06. The Morgan fingerprint density at radius 1 is 0.878 bits per heavy atom. The van der Waals surface area contributed by atoms with Gasteiger partial charge >= 0.3 is 5.56 Å². The molecule has 1 aromatic heterocycles. The van der Waals surface area contributed by atoms with Gasteiger partial charge in [-0.25, -0.2) is 8.42 Å². The second-order valence-corrected chi connectivity index (χ2v) is 12.1. The molecule has 0 spiro atoms. The van der Waals surface area contributed by atoms with E-state index in [2.05, 4.69) is 5.10 Å². The first-order chi connectivity index (χ1) is 19.9. The summed E-state index contributed by atoms with van der Waals surface area (Å²) in [6.45, 7) is 1.55. The van der Waals surface area contributed by atoms with Crippen molar-refractivity contribution in [1.29, 1.82) is 0 Å². The number of sulfonamides is 1. The molecular formula is C29H27ClN4O6S. The molecule has 0 bridgehead atoms. The van der Waals surface area contributed by atoms with Crippen LogP contribution in [0.15, 0.2) is 83.8 Å². The van der Waals surface area contributed by atoms with Crippen LogP contribution in [0.25, 0.3) is 5.69 Å². The third-order valence-corrected chi connectivity index (χ3v) is 9.04. The number of hydrogen-bond acceptors (Lipinski definition) is 8. The monoisotopic (exact) mass is 594 g/mol. The van der Waals surface area contributed by atoms with Crippen LogP contribution in [0.5, 0.6) is 17.2 Å². The zero-order valence-corrected chi connectivity index (χ0v) is 23.6. The number of nitrogens with zero attached hydrogens (tertiary/aromatic N) is 4. The molecule has 2 aliphatic heterocycles. The SMILES string of the molecule is O=c1c(OCc2ccc3c(c2)OCO3)c(N2CCN(S(=O)(=O)Cc3ccccc3)CC2)cnn1-c1cccc(Cl)c1. The number of fused-ring (bicyclic) bond motifs is 1. The van der Waals surface area contributed by atoms with Crippen molar-refractivity contribution in [2.75, 3.05) is 37.9 Å². The Morgan fingerprint density at radius 3 is 2.44 bits per heavy atom. The molecule has 10 nitrogen and oxygen atoms in total. The van der Waals surface area contributed by atoms with E-state index < -0.39 is 15.6 Å². The Balaban J connectivity index is 1.25. The van der Waals surface area contributed by atoms with Crippen LogP contribution < -0.4 is 24.7 Å². The summed E-state index contributed by atoms with van der Waals surface area (Å²) in [5, 5.41) is 4.88. The second-order valence-electron chi connectivity index (χ2n) is 9.66. The number of rotatable bonds is 8. The lowest BCUT2D eigenvalue weighted by atomic mass is 10.2. The van der Waals surface area contributed by atoms with E-state index in [1.54, 1.807) is 48.7 Å². The number of benzene rings is 3. The van der Waals surface area contributed by atoms with Crippen molar-refractivity contribution in [3.63, 3.8) is 0 Å². The fraction of sp³-hybridized carbons (Fsp3) is 0.241. The van der Waals surface area contributed by atoms with E-state index in [1.165, 1.54) is 8.99 Å². The number of anilines is 1. The Morgan fingerprint density at radius 2 is 1.66 bits per heavy atom. The molecule has 0 atom stereocenters. The molecule has 2 aliphatic rings. The molecule has 1 saturated heterocycles. The Kier molecular flexibility index (Phi) is 7.57. The average molecular weight is 595 g/mol. The Labute approximate surface area is 242 Å². The van der Waals surface area contributed by atoms with Crippen molar-refractivity contribution in [2.45, 2.75) is 12.4 Å². The van der Waals surface area contributed by atoms with Gasteiger partial charge < -0.3 is 19.1 Å². The first-order valence-electron chi connectivity index (χ1n) is 13.0. The van der Waals surface area contributed by atoms with E-state index in [1.807, 2.05) is 35.2 Å². The molecule has 0 saturated carbocycles. The summed E-state index contributed by atoms with van der Waals surface area (Å²) in [5.74, 6) is 1.32. The Bertz CT molecular complexity index is 1720. The van der Waals surface area contributed by atoms with Crippen LogP contribution in [-0.4, -0.2) is 55.5 Å². The highest BCUT2D eigenvalue weighted by Crippen LogP contribution is 2.33. The topological polar surface area (TPSA) is 103 Å². The van der Waals surface area contributed by atoms with Gasteiger partial charge in [-0.2, -0.15) is 14.1 Å². The van der Waals surface area contributed by atoms with Crippen LogP contribution in [0.1, 0.15) is 11.1 Å². The van der Waals surface area contributed by atoms with Gasteiger partial charge in [-0.1, -0.05) is 54.1 Å². The van der Waals surface area contributed by atoms with Crippen molar-refractivity contribution >= 4 is 27.3 Å². The molecule has 3 aromatic carbocycles. The number of ether oxygens (including phenoxy) is 3. The third-order valence-electron chi connectivity index (χ3n) is 6.95. The van der Waals surface area contributed by atoms with Crippen molar-refractivity contribution < 1.29 is 22.6 Å². The molecule has 41 heavy (non-hydrogen) atoms. The maximum absolute atomic E-state index is 13.7. The van der Waals surface area contributed by atoms with Crippen LogP contribution in [0.4, 0.5) is 5.69 Å². The van der Waals surface area contributed by atoms with Crippen LogP contribution in [0.3, 0.4) is 0 Å². The van der Waals surface area contributed by atoms with Crippen molar-refractivity contribution in [3.8, 4) is 22.9 Å².